The van der Waals surface area contributed by atoms with Gasteiger partial charge in [-0.15, -0.1) is 0 Å². The molecular formula is C16H16FNO3. The van der Waals surface area contributed by atoms with Gasteiger partial charge in [-0.2, -0.15) is 0 Å². The van der Waals surface area contributed by atoms with Gasteiger partial charge in [0.2, 0.25) is 0 Å². The van der Waals surface area contributed by atoms with Crippen molar-refractivity contribution < 1.29 is 18.7 Å². The summed E-state index contributed by atoms with van der Waals surface area (Å²) >= 11 is 0. The number of carbonyl (C=O) groups is 1. The molecule has 0 saturated carbocycles. The molecule has 0 atom stereocenters. The van der Waals surface area contributed by atoms with Crippen LogP contribution in [0.3, 0.4) is 0 Å². The second kappa shape index (κ2) is 6.26. The Bertz CT molecular complexity index is 671. The lowest BCUT2D eigenvalue weighted by Crippen LogP contribution is -2.14. The number of hydrogen-bond acceptors (Lipinski definition) is 3. The van der Waals surface area contributed by atoms with Gasteiger partial charge in [-0.1, -0.05) is 6.07 Å². The molecule has 5 heteroatoms. The van der Waals surface area contributed by atoms with Gasteiger partial charge in [0.15, 0.2) is 0 Å². The zero-order valence-electron chi connectivity index (χ0n) is 12.1. The van der Waals surface area contributed by atoms with E-state index in [9.17, 15) is 9.18 Å². The maximum absolute atomic E-state index is 13.1. The quantitative estimate of drug-likeness (QED) is 0.938. The van der Waals surface area contributed by atoms with Crippen molar-refractivity contribution in [3.8, 4) is 11.5 Å². The predicted molar refractivity (Wildman–Crippen MR) is 78.6 cm³/mol. The summed E-state index contributed by atoms with van der Waals surface area (Å²) in [6, 6.07) is 9.01. The summed E-state index contributed by atoms with van der Waals surface area (Å²) in [5.74, 6) is 0.284. The van der Waals surface area contributed by atoms with Gasteiger partial charge < -0.3 is 14.8 Å². The second-order valence-electron chi connectivity index (χ2n) is 4.44. The standard InChI is InChI=1S/C16H16FNO3/c1-10-14(20-2)8-7-13(15(10)21-3)16(19)18-12-6-4-5-11(17)9-12/h4-9H,1-3H3,(H,18,19). The number of nitrogens with one attached hydrogen (secondary N) is 1. The van der Waals surface area contributed by atoms with E-state index in [0.717, 1.165) is 5.56 Å². The first-order valence-corrected chi connectivity index (χ1v) is 6.35. The Hall–Kier alpha value is -2.56. The SMILES string of the molecule is COc1ccc(C(=O)Nc2cccc(F)c2)c(OC)c1C. The van der Waals surface area contributed by atoms with Gasteiger partial charge in [-0.05, 0) is 37.3 Å². The van der Waals surface area contributed by atoms with Crippen molar-refractivity contribution in [1.29, 1.82) is 0 Å². The number of carbonyl (C=O) groups excluding carboxylic acids is 1. The molecule has 2 aromatic carbocycles. The van der Waals surface area contributed by atoms with E-state index in [-0.39, 0.29) is 5.91 Å². The number of rotatable bonds is 4. The molecule has 0 fully saturated rings. The van der Waals surface area contributed by atoms with Crippen LogP contribution in [0.5, 0.6) is 11.5 Å². The second-order valence-corrected chi connectivity index (χ2v) is 4.44. The van der Waals surface area contributed by atoms with Gasteiger partial charge >= 0.3 is 0 Å². The van der Waals surface area contributed by atoms with Crippen molar-refractivity contribution in [3.05, 3.63) is 53.3 Å². The van der Waals surface area contributed by atoms with Crippen LogP contribution in [0, 0.1) is 12.7 Å². The van der Waals surface area contributed by atoms with Crippen LogP contribution in [-0.2, 0) is 0 Å². The summed E-state index contributed by atoms with van der Waals surface area (Å²) in [7, 11) is 3.04. The highest BCUT2D eigenvalue weighted by Crippen LogP contribution is 2.31. The van der Waals surface area contributed by atoms with Crippen LogP contribution >= 0.6 is 0 Å². The zero-order valence-corrected chi connectivity index (χ0v) is 12.1. The number of halogens is 1. The molecule has 0 aromatic heterocycles. The number of methoxy groups -OCH3 is 2. The van der Waals surface area contributed by atoms with E-state index >= 15 is 0 Å². The topological polar surface area (TPSA) is 47.6 Å². The fourth-order valence-corrected chi connectivity index (χ4v) is 2.10. The van der Waals surface area contributed by atoms with E-state index in [4.69, 9.17) is 9.47 Å². The minimum Gasteiger partial charge on any atom is -0.496 e. The van der Waals surface area contributed by atoms with Crippen LogP contribution in [0.25, 0.3) is 0 Å². The number of anilines is 1. The molecule has 2 aromatic rings. The predicted octanol–water partition coefficient (Wildman–Crippen LogP) is 3.40. The molecule has 0 heterocycles. The van der Waals surface area contributed by atoms with E-state index in [0.29, 0.717) is 22.7 Å². The van der Waals surface area contributed by atoms with Gasteiger partial charge in [0.05, 0.1) is 19.8 Å². The summed E-state index contributed by atoms with van der Waals surface area (Å²) in [6.07, 6.45) is 0. The first-order valence-electron chi connectivity index (χ1n) is 6.35. The molecule has 0 bridgehead atoms. The van der Waals surface area contributed by atoms with Crippen LogP contribution in [0.4, 0.5) is 10.1 Å². The Morgan fingerprint density at radius 2 is 1.90 bits per heavy atom. The van der Waals surface area contributed by atoms with E-state index in [1.165, 1.54) is 25.3 Å². The molecule has 0 spiro atoms. The first-order chi connectivity index (χ1) is 10.1. The van der Waals surface area contributed by atoms with Crippen molar-refractivity contribution in [2.45, 2.75) is 6.92 Å². The third-order valence-corrected chi connectivity index (χ3v) is 3.11. The molecule has 1 N–H and O–H groups in total. The molecule has 0 aliphatic carbocycles. The van der Waals surface area contributed by atoms with Crippen molar-refractivity contribution in [2.24, 2.45) is 0 Å². The molecule has 0 aliphatic rings. The van der Waals surface area contributed by atoms with Crippen molar-refractivity contribution in [3.63, 3.8) is 0 Å². The molecule has 0 unspecified atom stereocenters. The summed E-state index contributed by atoms with van der Waals surface area (Å²) in [5.41, 5.74) is 1.47. The molecule has 2 rings (SSSR count). The fourth-order valence-electron chi connectivity index (χ4n) is 2.10. The molecule has 4 nitrogen and oxygen atoms in total. The average molecular weight is 289 g/mol. The Morgan fingerprint density at radius 3 is 2.52 bits per heavy atom. The Kier molecular flexibility index (Phi) is 4.42. The van der Waals surface area contributed by atoms with Crippen LogP contribution in [-0.4, -0.2) is 20.1 Å². The summed E-state index contributed by atoms with van der Waals surface area (Å²) in [5, 5.41) is 2.64. The lowest BCUT2D eigenvalue weighted by atomic mass is 10.1. The van der Waals surface area contributed by atoms with Gasteiger partial charge in [0, 0.05) is 11.3 Å². The minimum atomic E-state index is -0.411. The number of amides is 1. The van der Waals surface area contributed by atoms with Crippen molar-refractivity contribution in [2.75, 3.05) is 19.5 Å². The molecule has 110 valence electrons. The number of ether oxygens (including phenoxy) is 2. The van der Waals surface area contributed by atoms with Crippen molar-refractivity contribution in [1.82, 2.24) is 0 Å². The van der Waals surface area contributed by atoms with E-state index in [1.54, 1.807) is 32.2 Å². The highest BCUT2D eigenvalue weighted by Gasteiger charge is 2.17. The van der Waals surface area contributed by atoms with Crippen LogP contribution < -0.4 is 14.8 Å². The lowest BCUT2D eigenvalue weighted by molar-refractivity contribution is 0.102. The van der Waals surface area contributed by atoms with E-state index < -0.39 is 5.82 Å². The number of hydrogen-bond donors (Lipinski definition) is 1. The summed E-state index contributed by atoms with van der Waals surface area (Å²) < 4.78 is 23.6. The van der Waals surface area contributed by atoms with Gasteiger partial charge in [-0.3, -0.25) is 4.79 Å². The number of benzene rings is 2. The van der Waals surface area contributed by atoms with Gasteiger partial charge in [0.1, 0.15) is 17.3 Å². The monoisotopic (exact) mass is 289 g/mol. The molecular weight excluding hydrogens is 273 g/mol. The van der Waals surface area contributed by atoms with Crippen LogP contribution in [0.2, 0.25) is 0 Å². The Balaban J connectivity index is 2.33. The van der Waals surface area contributed by atoms with Crippen LogP contribution in [0.15, 0.2) is 36.4 Å². The summed E-state index contributed by atoms with van der Waals surface area (Å²) in [6.45, 7) is 1.80. The maximum atomic E-state index is 13.1. The van der Waals surface area contributed by atoms with Crippen LogP contribution in [0.1, 0.15) is 15.9 Å². The minimum absolute atomic E-state index is 0.361. The third kappa shape index (κ3) is 3.13. The smallest absolute Gasteiger partial charge is 0.259 e. The van der Waals surface area contributed by atoms with E-state index in [1.807, 2.05) is 0 Å². The summed E-state index contributed by atoms with van der Waals surface area (Å²) in [4.78, 5) is 12.3. The molecule has 0 radical (unpaired) electrons. The molecule has 1 amide bonds. The highest BCUT2D eigenvalue weighted by atomic mass is 19.1. The normalized spacial score (nSPS) is 10.1. The molecule has 0 aliphatic heterocycles. The Morgan fingerprint density at radius 1 is 1.14 bits per heavy atom. The molecule has 21 heavy (non-hydrogen) atoms. The van der Waals surface area contributed by atoms with Gasteiger partial charge in [-0.25, -0.2) is 4.39 Å². The highest BCUT2D eigenvalue weighted by molar-refractivity contribution is 6.06. The zero-order chi connectivity index (χ0) is 15.4. The molecule has 0 saturated heterocycles. The first kappa shape index (κ1) is 14.8. The average Bonchev–Trinajstić information content (AvgIpc) is 2.46. The Labute approximate surface area is 122 Å². The third-order valence-electron chi connectivity index (χ3n) is 3.11. The van der Waals surface area contributed by atoms with Gasteiger partial charge in [0.25, 0.3) is 5.91 Å². The lowest BCUT2D eigenvalue weighted by Gasteiger charge is -2.14. The fraction of sp³-hybridized carbons (Fsp3) is 0.188. The van der Waals surface area contributed by atoms with E-state index in [2.05, 4.69) is 5.32 Å². The largest absolute Gasteiger partial charge is 0.496 e. The maximum Gasteiger partial charge on any atom is 0.259 e. The van der Waals surface area contributed by atoms with Crippen molar-refractivity contribution >= 4 is 11.6 Å².